The van der Waals surface area contributed by atoms with Crippen LogP contribution in [0.15, 0.2) is 41.0 Å². The summed E-state index contributed by atoms with van der Waals surface area (Å²) in [5, 5.41) is 3.79. The van der Waals surface area contributed by atoms with E-state index in [0.29, 0.717) is 5.02 Å². The van der Waals surface area contributed by atoms with E-state index in [0.717, 1.165) is 11.3 Å². The summed E-state index contributed by atoms with van der Waals surface area (Å²) in [4.78, 5) is 0. The standard InChI is InChI=1S/C14H15ClFNO/c1-9(12-6-5-11(16)8-13(12)15)17-10(2)14-4-3-7-18-14/h3-10,17H,1-2H3/t9?,10-/m0/s1. The molecular weight excluding hydrogens is 253 g/mol. The Hall–Kier alpha value is -1.32. The van der Waals surface area contributed by atoms with Gasteiger partial charge in [0.05, 0.1) is 12.3 Å². The maximum Gasteiger partial charge on any atom is 0.124 e. The molecule has 0 amide bonds. The Bertz CT molecular complexity index is 513. The van der Waals surface area contributed by atoms with Crippen LogP contribution in [0.25, 0.3) is 0 Å². The minimum absolute atomic E-state index is 0.0122. The molecule has 2 atom stereocenters. The highest BCUT2D eigenvalue weighted by atomic mass is 35.5. The van der Waals surface area contributed by atoms with Crippen LogP contribution in [0.3, 0.4) is 0 Å². The lowest BCUT2D eigenvalue weighted by atomic mass is 10.1. The third-order valence-corrected chi connectivity index (χ3v) is 3.23. The van der Waals surface area contributed by atoms with Gasteiger partial charge in [-0.25, -0.2) is 4.39 Å². The quantitative estimate of drug-likeness (QED) is 0.883. The van der Waals surface area contributed by atoms with E-state index in [2.05, 4.69) is 5.32 Å². The van der Waals surface area contributed by atoms with E-state index in [1.54, 1.807) is 12.3 Å². The van der Waals surface area contributed by atoms with E-state index < -0.39 is 0 Å². The molecule has 0 aliphatic carbocycles. The zero-order valence-electron chi connectivity index (χ0n) is 10.3. The van der Waals surface area contributed by atoms with E-state index in [1.165, 1.54) is 12.1 Å². The van der Waals surface area contributed by atoms with Gasteiger partial charge >= 0.3 is 0 Å². The highest BCUT2D eigenvalue weighted by molar-refractivity contribution is 6.31. The fraction of sp³-hybridized carbons (Fsp3) is 0.286. The number of benzene rings is 1. The monoisotopic (exact) mass is 267 g/mol. The van der Waals surface area contributed by atoms with Crippen molar-refractivity contribution in [2.45, 2.75) is 25.9 Å². The van der Waals surface area contributed by atoms with Crippen molar-refractivity contribution in [1.29, 1.82) is 0 Å². The predicted octanol–water partition coefficient (Wildman–Crippen LogP) is 4.48. The highest BCUT2D eigenvalue weighted by Gasteiger charge is 2.15. The lowest BCUT2D eigenvalue weighted by Crippen LogP contribution is -2.22. The molecule has 0 aliphatic rings. The van der Waals surface area contributed by atoms with Crippen LogP contribution in [0.1, 0.15) is 37.3 Å². The fourth-order valence-electron chi connectivity index (χ4n) is 1.94. The molecule has 0 fully saturated rings. The van der Waals surface area contributed by atoms with E-state index >= 15 is 0 Å². The minimum atomic E-state index is -0.324. The van der Waals surface area contributed by atoms with Crippen molar-refractivity contribution in [1.82, 2.24) is 5.32 Å². The first-order chi connectivity index (χ1) is 8.58. The van der Waals surface area contributed by atoms with E-state index in [1.807, 2.05) is 26.0 Å². The minimum Gasteiger partial charge on any atom is -0.468 e. The molecule has 0 saturated carbocycles. The Kier molecular flexibility index (Phi) is 4.04. The van der Waals surface area contributed by atoms with Crippen LogP contribution in [-0.2, 0) is 0 Å². The Morgan fingerprint density at radius 3 is 2.61 bits per heavy atom. The summed E-state index contributed by atoms with van der Waals surface area (Å²) in [7, 11) is 0. The van der Waals surface area contributed by atoms with Gasteiger partial charge in [-0.2, -0.15) is 0 Å². The first-order valence-corrected chi connectivity index (χ1v) is 6.20. The van der Waals surface area contributed by atoms with Gasteiger partial charge in [-0.3, -0.25) is 0 Å². The van der Waals surface area contributed by atoms with E-state index in [9.17, 15) is 4.39 Å². The molecule has 0 radical (unpaired) electrons. The van der Waals surface area contributed by atoms with Crippen molar-refractivity contribution in [3.8, 4) is 0 Å². The van der Waals surface area contributed by atoms with Crippen molar-refractivity contribution in [2.75, 3.05) is 0 Å². The van der Waals surface area contributed by atoms with Gasteiger partial charge in [0.15, 0.2) is 0 Å². The molecule has 2 nitrogen and oxygen atoms in total. The average molecular weight is 268 g/mol. The molecular formula is C14H15ClFNO. The number of nitrogens with one attached hydrogen (secondary N) is 1. The van der Waals surface area contributed by atoms with Gasteiger partial charge in [0.2, 0.25) is 0 Å². The third-order valence-electron chi connectivity index (χ3n) is 2.90. The molecule has 4 heteroatoms. The number of halogens is 2. The maximum atomic E-state index is 13.0. The third kappa shape index (κ3) is 2.92. The molecule has 1 aromatic heterocycles. The molecule has 0 bridgehead atoms. The van der Waals surface area contributed by atoms with Gasteiger partial charge in [0, 0.05) is 11.1 Å². The van der Waals surface area contributed by atoms with Crippen molar-refractivity contribution in [3.63, 3.8) is 0 Å². The van der Waals surface area contributed by atoms with Crippen LogP contribution >= 0.6 is 11.6 Å². The lowest BCUT2D eigenvalue weighted by Gasteiger charge is -2.19. The summed E-state index contributed by atoms with van der Waals surface area (Å²) in [5.41, 5.74) is 0.872. The Morgan fingerprint density at radius 2 is 2.00 bits per heavy atom. The van der Waals surface area contributed by atoms with Gasteiger partial charge in [-0.15, -0.1) is 0 Å². The zero-order valence-corrected chi connectivity index (χ0v) is 11.0. The molecule has 18 heavy (non-hydrogen) atoms. The van der Waals surface area contributed by atoms with Crippen molar-refractivity contribution in [3.05, 3.63) is 58.8 Å². The molecule has 0 saturated heterocycles. The van der Waals surface area contributed by atoms with Crippen LogP contribution in [0, 0.1) is 5.82 Å². The van der Waals surface area contributed by atoms with Crippen LogP contribution in [0.4, 0.5) is 4.39 Å². The van der Waals surface area contributed by atoms with Gasteiger partial charge in [0.1, 0.15) is 11.6 Å². The number of hydrogen-bond acceptors (Lipinski definition) is 2. The molecule has 2 rings (SSSR count). The molecule has 0 spiro atoms. The second-order valence-corrected chi connectivity index (χ2v) is 4.70. The predicted molar refractivity (Wildman–Crippen MR) is 70.1 cm³/mol. The Balaban J connectivity index is 2.10. The lowest BCUT2D eigenvalue weighted by molar-refractivity contribution is 0.403. The van der Waals surface area contributed by atoms with Gasteiger partial charge in [0.25, 0.3) is 0 Å². The fourth-order valence-corrected chi connectivity index (χ4v) is 2.27. The summed E-state index contributed by atoms with van der Waals surface area (Å²) in [6, 6.07) is 8.28. The van der Waals surface area contributed by atoms with Crippen LogP contribution < -0.4 is 5.32 Å². The molecule has 2 aromatic rings. The molecule has 1 N–H and O–H groups in total. The van der Waals surface area contributed by atoms with Crippen LogP contribution in [-0.4, -0.2) is 0 Å². The normalized spacial score (nSPS) is 14.4. The van der Waals surface area contributed by atoms with Gasteiger partial charge in [-0.1, -0.05) is 17.7 Å². The maximum absolute atomic E-state index is 13.0. The molecule has 1 unspecified atom stereocenters. The smallest absolute Gasteiger partial charge is 0.124 e. The van der Waals surface area contributed by atoms with Crippen LogP contribution in [0.5, 0.6) is 0 Å². The largest absolute Gasteiger partial charge is 0.468 e. The molecule has 1 heterocycles. The number of hydrogen-bond donors (Lipinski definition) is 1. The van der Waals surface area contributed by atoms with Crippen molar-refractivity contribution >= 4 is 11.6 Å². The second kappa shape index (κ2) is 5.55. The van der Waals surface area contributed by atoms with E-state index in [4.69, 9.17) is 16.0 Å². The van der Waals surface area contributed by atoms with Gasteiger partial charge < -0.3 is 9.73 Å². The summed E-state index contributed by atoms with van der Waals surface area (Å²) in [6.07, 6.45) is 1.64. The molecule has 0 aliphatic heterocycles. The average Bonchev–Trinajstić information content (AvgIpc) is 2.81. The van der Waals surface area contributed by atoms with E-state index in [-0.39, 0.29) is 17.9 Å². The Morgan fingerprint density at radius 1 is 1.22 bits per heavy atom. The second-order valence-electron chi connectivity index (χ2n) is 4.29. The summed E-state index contributed by atoms with van der Waals surface area (Å²) in [5.74, 6) is 0.537. The SMILES string of the molecule is CC(N[C@@H](C)c1ccco1)c1ccc(F)cc1Cl. The first-order valence-electron chi connectivity index (χ1n) is 5.82. The van der Waals surface area contributed by atoms with Crippen LogP contribution in [0.2, 0.25) is 5.02 Å². The van der Waals surface area contributed by atoms with Crippen molar-refractivity contribution in [2.24, 2.45) is 0 Å². The summed E-state index contributed by atoms with van der Waals surface area (Å²) >= 11 is 6.03. The first kappa shape index (κ1) is 13.1. The summed E-state index contributed by atoms with van der Waals surface area (Å²) < 4.78 is 18.3. The van der Waals surface area contributed by atoms with Crippen molar-refractivity contribution < 1.29 is 8.81 Å². The molecule has 1 aromatic carbocycles. The number of rotatable bonds is 4. The molecule has 96 valence electrons. The highest BCUT2D eigenvalue weighted by Crippen LogP contribution is 2.26. The number of furan rings is 1. The topological polar surface area (TPSA) is 25.2 Å². The summed E-state index contributed by atoms with van der Waals surface area (Å²) in [6.45, 7) is 3.99. The zero-order chi connectivity index (χ0) is 13.1. The Labute approximate surface area is 111 Å². The van der Waals surface area contributed by atoms with Gasteiger partial charge in [-0.05, 0) is 43.7 Å².